The molecule has 7 heteroatoms. The van der Waals surface area contributed by atoms with Gasteiger partial charge >= 0.3 is 6.03 Å². The summed E-state index contributed by atoms with van der Waals surface area (Å²) in [6.45, 7) is 1.01. The third-order valence-electron chi connectivity index (χ3n) is 3.18. The molecule has 1 aromatic rings. The number of nitrogens with one attached hydrogen (secondary N) is 2. The molecular formula is C13H16ClFN2O3. The summed E-state index contributed by atoms with van der Waals surface area (Å²) >= 11 is 5.73. The van der Waals surface area contributed by atoms with Crippen molar-refractivity contribution in [3.63, 3.8) is 0 Å². The van der Waals surface area contributed by atoms with Crippen LogP contribution in [0.25, 0.3) is 0 Å². The minimum absolute atomic E-state index is 0.00559. The van der Waals surface area contributed by atoms with Crippen LogP contribution in [0, 0.1) is 5.82 Å². The van der Waals surface area contributed by atoms with E-state index in [0.717, 1.165) is 0 Å². The molecule has 110 valence electrons. The molecule has 0 radical (unpaired) electrons. The Balaban J connectivity index is 1.87. The highest BCUT2D eigenvalue weighted by Gasteiger charge is 2.30. The smallest absolute Gasteiger partial charge is 0.319 e. The van der Waals surface area contributed by atoms with Gasteiger partial charge in [-0.15, -0.1) is 0 Å². The van der Waals surface area contributed by atoms with Crippen molar-refractivity contribution in [2.24, 2.45) is 0 Å². The lowest BCUT2D eigenvalue weighted by Crippen LogP contribution is -2.47. The van der Waals surface area contributed by atoms with Gasteiger partial charge in [-0.3, -0.25) is 0 Å². The van der Waals surface area contributed by atoms with Crippen molar-refractivity contribution in [3.8, 4) is 0 Å². The van der Waals surface area contributed by atoms with Crippen molar-refractivity contribution in [1.29, 1.82) is 0 Å². The number of hydrogen-bond acceptors (Lipinski definition) is 3. The first kappa shape index (κ1) is 15.0. The SMILES string of the molecule is O=C(NCC1(O)CCOCC1)Nc1cc(Cl)ccc1F. The number of hydrogen-bond donors (Lipinski definition) is 3. The van der Waals surface area contributed by atoms with Gasteiger partial charge in [-0.1, -0.05) is 11.6 Å². The summed E-state index contributed by atoms with van der Waals surface area (Å²) in [6, 6.07) is 3.29. The molecule has 1 aromatic carbocycles. The van der Waals surface area contributed by atoms with Crippen molar-refractivity contribution < 1.29 is 19.0 Å². The predicted molar refractivity (Wildman–Crippen MR) is 73.4 cm³/mol. The Morgan fingerprint density at radius 3 is 2.85 bits per heavy atom. The zero-order chi connectivity index (χ0) is 14.6. The Labute approximate surface area is 121 Å². The number of urea groups is 1. The average molecular weight is 303 g/mol. The summed E-state index contributed by atoms with van der Waals surface area (Å²) < 4.78 is 18.6. The number of halogens is 2. The summed E-state index contributed by atoms with van der Waals surface area (Å²) in [4.78, 5) is 11.7. The van der Waals surface area contributed by atoms with Crippen molar-refractivity contribution in [3.05, 3.63) is 29.0 Å². The molecule has 0 unspecified atom stereocenters. The van der Waals surface area contributed by atoms with E-state index in [1.807, 2.05) is 0 Å². The summed E-state index contributed by atoms with van der Waals surface area (Å²) in [6.07, 6.45) is 0.914. The van der Waals surface area contributed by atoms with E-state index in [-0.39, 0.29) is 12.2 Å². The first-order valence-corrected chi connectivity index (χ1v) is 6.66. The van der Waals surface area contributed by atoms with Gasteiger partial charge in [0.05, 0.1) is 11.3 Å². The summed E-state index contributed by atoms with van der Waals surface area (Å²) in [5.74, 6) is -0.575. The zero-order valence-corrected chi connectivity index (χ0v) is 11.5. The second kappa shape index (κ2) is 6.39. The third-order valence-corrected chi connectivity index (χ3v) is 3.41. The van der Waals surface area contributed by atoms with Crippen LogP contribution >= 0.6 is 11.6 Å². The van der Waals surface area contributed by atoms with Crippen LogP contribution in [-0.4, -0.2) is 36.5 Å². The highest BCUT2D eigenvalue weighted by Crippen LogP contribution is 2.21. The molecule has 20 heavy (non-hydrogen) atoms. The molecule has 1 fully saturated rings. The van der Waals surface area contributed by atoms with Crippen LogP contribution in [0.15, 0.2) is 18.2 Å². The molecular weight excluding hydrogens is 287 g/mol. The Morgan fingerprint density at radius 1 is 1.45 bits per heavy atom. The maximum atomic E-state index is 13.4. The van der Waals surface area contributed by atoms with Crippen LogP contribution in [0.3, 0.4) is 0 Å². The molecule has 5 nitrogen and oxygen atoms in total. The normalized spacial score (nSPS) is 17.6. The fourth-order valence-corrected chi connectivity index (χ4v) is 2.10. The number of carbonyl (C=O) groups is 1. The highest BCUT2D eigenvalue weighted by molar-refractivity contribution is 6.30. The van der Waals surface area contributed by atoms with Crippen LogP contribution in [0.2, 0.25) is 5.02 Å². The van der Waals surface area contributed by atoms with E-state index >= 15 is 0 Å². The lowest BCUT2D eigenvalue weighted by molar-refractivity contribution is -0.0598. The molecule has 2 rings (SSSR count). The molecule has 0 saturated carbocycles. The molecule has 2 amide bonds. The summed E-state index contributed by atoms with van der Waals surface area (Å²) in [5, 5.41) is 15.4. The van der Waals surface area contributed by atoms with Crippen molar-refractivity contribution >= 4 is 23.3 Å². The zero-order valence-electron chi connectivity index (χ0n) is 10.8. The quantitative estimate of drug-likeness (QED) is 0.801. The first-order chi connectivity index (χ1) is 9.48. The average Bonchev–Trinajstić information content (AvgIpc) is 2.42. The van der Waals surface area contributed by atoms with E-state index in [9.17, 15) is 14.3 Å². The molecule has 0 atom stereocenters. The van der Waals surface area contributed by atoms with E-state index in [0.29, 0.717) is 31.1 Å². The number of benzene rings is 1. The fraction of sp³-hybridized carbons (Fsp3) is 0.462. The van der Waals surface area contributed by atoms with Gasteiger partial charge in [0.2, 0.25) is 0 Å². The van der Waals surface area contributed by atoms with E-state index in [1.165, 1.54) is 18.2 Å². The van der Waals surface area contributed by atoms with Gasteiger partial charge in [0, 0.05) is 37.6 Å². The fourth-order valence-electron chi connectivity index (χ4n) is 1.93. The maximum absolute atomic E-state index is 13.4. The van der Waals surface area contributed by atoms with Gasteiger partial charge in [-0.25, -0.2) is 9.18 Å². The van der Waals surface area contributed by atoms with Crippen LogP contribution in [0.4, 0.5) is 14.9 Å². The molecule has 1 saturated heterocycles. The number of amides is 2. The molecule has 0 aromatic heterocycles. The van der Waals surface area contributed by atoms with Gasteiger partial charge in [-0.2, -0.15) is 0 Å². The number of carbonyl (C=O) groups excluding carboxylic acids is 1. The second-order valence-corrected chi connectivity index (χ2v) is 5.20. The number of ether oxygens (including phenoxy) is 1. The molecule has 0 aliphatic carbocycles. The van der Waals surface area contributed by atoms with Crippen LogP contribution < -0.4 is 10.6 Å². The summed E-state index contributed by atoms with van der Waals surface area (Å²) in [5.41, 5.74) is -0.975. The monoisotopic (exact) mass is 302 g/mol. The van der Waals surface area contributed by atoms with E-state index in [1.54, 1.807) is 0 Å². The Bertz CT molecular complexity index is 493. The van der Waals surface area contributed by atoms with Gasteiger partial charge in [0.15, 0.2) is 0 Å². The molecule has 3 N–H and O–H groups in total. The highest BCUT2D eigenvalue weighted by atomic mass is 35.5. The molecule has 1 aliphatic heterocycles. The van der Waals surface area contributed by atoms with Gasteiger partial charge in [0.25, 0.3) is 0 Å². The minimum atomic E-state index is -0.970. The topological polar surface area (TPSA) is 70.6 Å². The second-order valence-electron chi connectivity index (χ2n) is 4.77. The molecule has 1 aliphatic rings. The van der Waals surface area contributed by atoms with Crippen molar-refractivity contribution in [2.75, 3.05) is 25.1 Å². The third kappa shape index (κ3) is 4.06. The van der Waals surface area contributed by atoms with Crippen LogP contribution in [0.1, 0.15) is 12.8 Å². The Kier molecular flexibility index (Phi) is 4.80. The van der Waals surface area contributed by atoms with Gasteiger partial charge < -0.3 is 20.5 Å². The van der Waals surface area contributed by atoms with Gasteiger partial charge in [-0.05, 0) is 18.2 Å². The van der Waals surface area contributed by atoms with Crippen LogP contribution in [-0.2, 0) is 4.74 Å². The predicted octanol–water partition coefficient (Wildman–Crippen LogP) is 2.14. The minimum Gasteiger partial charge on any atom is -0.388 e. The lowest BCUT2D eigenvalue weighted by Gasteiger charge is -2.32. The standard InChI is InChI=1S/C13H16ClFN2O3/c14-9-1-2-10(15)11(7-9)17-12(18)16-8-13(19)3-5-20-6-4-13/h1-2,7,19H,3-6,8H2,(H2,16,17,18). The van der Waals surface area contributed by atoms with Crippen LogP contribution in [0.5, 0.6) is 0 Å². The Morgan fingerprint density at radius 2 is 2.15 bits per heavy atom. The number of anilines is 1. The molecule has 1 heterocycles. The number of rotatable bonds is 3. The lowest BCUT2D eigenvalue weighted by atomic mass is 9.94. The maximum Gasteiger partial charge on any atom is 0.319 e. The van der Waals surface area contributed by atoms with Crippen molar-refractivity contribution in [1.82, 2.24) is 5.32 Å². The summed E-state index contributed by atoms with van der Waals surface area (Å²) in [7, 11) is 0. The van der Waals surface area contributed by atoms with Gasteiger partial charge in [0.1, 0.15) is 5.82 Å². The first-order valence-electron chi connectivity index (χ1n) is 6.29. The van der Waals surface area contributed by atoms with Crippen molar-refractivity contribution in [2.45, 2.75) is 18.4 Å². The molecule has 0 bridgehead atoms. The van der Waals surface area contributed by atoms with E-state index < -0.39 is 17.4 Å². The largest absolute Gasteiger partial charge is 0.388 e. The van der Waals surface area contributed by atoms with E-state index in [2.05, 4.69) is 10.6 Å². The Hall–Kier alpha value is -1.37. The molecule has 0 spiro atoms. The van der Waals surface area contributed by atoms with E-state index in [4.69, 9.17) is 16.3 Å². The number of aliphatic hydroxyl groups is 1.